The molecule has 100 valence electrons. The fraction of sp³-hybridized carbons (Fsp3) is 0.0714. The third kappa shape index (κ3) is 2.23. The summed E-state index contributed by atoms with van der Waals surface area (Å²) in [5.41, 5.74) is 1.21. The van der Waals surface area contributed by atoms with Gasteiger partial charge < -0.3 is 4.74 Å². The number of para-hydroxylation sites is 2. The lowest BCUT2D eigenvalue weighted by Crippen LogP contribution is -2.20. The number of halogens is 1. The van der Waals surface area contributed by atoms with Gasteiger partial charge in [0.25, 0.3) is 5.91 Å². The van der Waals surface area contributed by atoms with Gasteiger partial charge in [-0.25, -0.2) is 4.39 Å². The summed E-state index contributed by atoms with van der Waals surface area (Å²) in [6, 6.07) is 13.0. The van der Waals surface area contributed by atoms with E-state index < -0.39 is 11.7 Å². The predicted molar refractivity (Wildman–Crippen MR) is 70.0 cm³/mol. The molecule has 5 nitrogen and oxygen atoms in total. The highest BCUT2D eigenvalue weighted by Crippen LogP contribution is 2.15. The minimum atomic E-state index is -0.510. The summed E-state index contributed by atoms with van der Waals surface area (Å²) in [4.78, 5) is 12.0. The van der Waals surface area contributed by atoms with E-state index in [1.807, 2.05) is 6.07 Å². The third-order valence-electron chi connectivity index (χ3n) is 2.78. The topological polar surface area (TPSA) is 57.0 Å². The average molecular weight is 271 g/mol. The first-order valence-corrected chi connectivity index (χ1v) is 5.96. The Morgan fingerprint density at radius 3 is 2.75 bits per heavy atom. The van der Waals surface area contributed by atoms with Crippen LogP contribution in [0.1, 0.15) is 4.79 Å². The van der Waals surface area contributed by atoms with E-state index in [9.17, 15) is 9.18 Å². The van der Waals surface area contributed by atoms with E-state index in [-0.39, 0.29) is 12.4 Å². The van der Waals surface area contributed by atoms with Crippen LogP contribution >= 0.6 is 0 Å². The monoisotopic (exact) mass is 271 g/mol. The van der Waals surface area contributed by atoms with Crippen molar-refractivity contribution in [3.05, 3.63) is 54.3 Å². The number of benzene rings is 2. The Bertz CT molecular complexity index is 770. The maximum absolute atomic E-state index is 13.4. The van der Waals surface area contributed by atoms with Crippen LogP contribution in [0.15, 0.2) is 48.5 Å². The standard InChI is InChI=1S/C14H10FN3O2/c15-10-5-1-4-8-13(10)20-9-14(19)18-12-7-3-2-6-11(12)16-17-18/h1-8H,9H2. The maximum atomic E-state index is 13.4. The van der Waals surface area contributed by atoms with Gasteiger partial charge in [0.05, 0.1) is 5.52 Å². The molecule has 20 heavy (non-hydrogen) atoms. The first-order valence-electron chi connectivity index (χ1n) is 5.96. The average Bonchev–Trinajstić information content (AvgIpc) is 2.90. The zero-order chi connectivity index (χ0) is 13.9. The Kier molecular flexibility index (Phi) is 3.12. The van der Waals surface area contributed by atoms with Gasteiger partial charge >= 0.3 is 0 Å². The van der Waals surface area contributed by atoms with Crippen molar-refractivity contribution in [3.63, 3.8) is 0 Å². The Morgan fingerprint density at radius 1 is 1.15 bits per heavy atom. The Hall–Kier alpha value is -2.76. The van der Waals surface area contributed by atoms with Crippen LogP contribution in [0.5, 0.6) is 5.75 Å². The molecule has 0 spiro atoms. The van der Waals surface area contributed by atoms with Crippen molar-refractivity contribution < 1.29 is 13.9 Å². The highest BCUT2D eigenvalue weighted by Gasteiger charge is 2.13. The smallest absolute Gasteiger partial charge is 0.286 e. The van der Waals surface area contributed by atoms with Gasteiger partial charge in [0.1, 0.15) is 5.52 Å². The van der Waals surface area contributed by atoms with E-state index in [2.05, 4.69) is 10.3 Å². The lowest BCUT2D eigenvalue weighted by molar-refractivity contribution is 0.0821. The molecule has 3 aromatic rings. The molecule has 0 unspecified atom stereocenters. The molecule has 3 rings (SSSR count). The number of nitrogens with zero attached hydrogens (tertiary/aromatic N) is 3. The molecule has 0 saturated heterocycles. The van der Waals surface area contributed by atoms with Crippen molar-refractivity contribution in [2.45, 2.75) is 0 Å². The van der Waals surface area contributed by atoms with Gasteiger partial charge in [-0.15, -0.1) is 5.10 Å². The van der Waals surface area contributed by atoms with Gasteiger partial charge in [-0.3, -0.25) is 4.79 Å². The molecule has 0 aliphatic carbocycles. The van der Waals surface area contributed by atoms with Gasteiger partial charge in [0, 0.05) is 0 Å². The Balaban J connectivity index is 1.79. The van der Waals surface area contributed by atoms with Crippen molar-refractivity contribution in [1.82, 2.24) is 15.0 Å². The summed E-state index contributed by atoms with van der Waals surface area (Å²) in [6.07, 6.45) is 0. The van der Waals surface area contributed by atoms with Crippen LogP contribution in [0.3, 0.4) is 0 Å². The van der Waals surface area contributed by atoms with Crippen LogP contribution in [0.25, 0.3) is 11.0 Å². The van der Waals surface area contributed by atoms with Crippen LogP contribution in [0.4, 0.5) is 4.39 Å². The molecule has 1 heterocycles. The van der Waals surface area contributed by atoms with Crippen LogP contribution in [0.2, 0.25) is 0 Å². The molecule has 6 heteroatoms. The van der Waals surface area contributed by atoms with Gasteiger partial charge in [0.15, 0.2) is 18.2 Å². The second kappa shape index (κ2) is 5.08. The van der Waals surface area contributed by atoms with E-state index >= 15 is 0 Å². The molecule has 2 aromatic carbocycles. The Labute approximate surface area is 113 Å². The van der Waals surface area contributed by atoms with Crippen molar-refractivity contribution in [2.24, 2.45) is 0 Å². The SMILES string of the molecule is O=C(COc1ccccc1F)n1nnc2ccccc21. The van der Waals surface area contributed by atoms with Crippen LogP contribution in [-0.4, -0.2) is 27.5 Å². The zero-order valence-electron chi connectivity index (χ0n) is 10.4. The summed E-state index contributed by atoms with van der Waals surface area (Å²) in [5, 5.41) is 7.65. The fourth-order valence-corrected chi connectivity index (χ4v) is 1.82. The molecule has 0 aliphatic rings. The fourth-order valence-electron chi connectivity index (χ4n) is 1.82. The minimum absolute atomic E-state index is 0.0327. The molecule has 0 atom stereocenters. The Morgan fingerprint density at radius 2 is 1.90 bits per heavy atom. The molecule has 0 fully saturated rings. The highest BCUT2D eigenvalue weighted by atomic mass is 19.1. The van der Waals surface area contributed by atoms with Crippen molar-refractivity contribution in [1.29, 1.82) is 0 Å². The van der Waals surface area contributed by atoms with E-state index in [0.29, 0.717) is 11.0 Å². The number of aromatic nitrogens is 3. The number of carbonyl (C=O) groups is 1. The molecule has 0 amide bonds. The number of rotatable bonds is 3. The quantitative estimate of drug-likeness (QED) is 0.733. The molecular weight excluding hydrogens is 261 g/mol. The second-order valence-corrected chi connectivity index (χ2v) is 4.10. The summed E-state index contributed by atoms with van der Waals surface area (Å²) in [6.45, 7) is -0.311. The largest absolute Gasteiger partial charge is 0.481 e. The highest BCUT2D eigenvalue weighted by molar-refractivity contribution is 5.89. The molecular formula is C14H10FN3O2. The van der Waals surface area contributed by atoms with Crippen LogP contribution < -0.4 is 4.74 Å². The molecule has 0 N–H and O–H groups in total. The van der Waals surface area contributed by atoms with E-state index in [1.165, 1.54) is 12.1 Å². The lowest BCUT2D eigenvalue weighted by Gasteiger charge is -2.06. The van der Waals surface area contributed by atoms with E-state index in [4.69, 9.17) is 4.74 Å². The number of fused-ring (bicyclic) bond motifs is 1. The summed E-state index contributed by atoms with van der Waals surface area (Å²) >= 11 is 0. The molecule has 1 aromatic heterocycles. The summed E-state index contributed by atoms with van der Waals surface area (Å²) in [5.74, 6) is -0.893. The van der Waals surface area contributed by atoms with Crippen molar-refractivity contribution in [3.8, 4) is 5.75 Å². The number of carbonyl (C=O) groups excluding carboxylic acids is 1. The minimum Gasteiger partial charge on any atom is -0.481 e. The molecule has 0 bridgehead atoms. The van der Waals surface area contributed by atoms with Gasteiger partial charge in [-0.05, 0) is 24.3 Å². The molecule has 0 aliphatic heterocycles. The molecule has 0 radical (unpaired) electrons. The first-order chi connectivity index (χ1) is 9.75. The summed E-state index contributed by atoms with van der Waals surface area (Å²) in [7, 11) is 0. The maximum Gasteiger partial charge on any atom is 0.286 e. The number of ether oxygens (including phenoxy) is 1. The number of hydrogen-bond acceptors (Lipinski definition) is 4. The first kappa shape index (κ1) is 12.3. The third-order valence-corrected chi connectivity index (χ3v) is 2.78. The van der Waals surface area contributed by atoms with Gasteiger partial charge in [-0.2, -0.15) is 4.68 Å². The van der Waals surface area contributed by atoms with Gasteiger partial charge in [0.2, 0.25) is 0 Å². The lowest BCUT2D eigenvalue weighted by atomic mass is 10.3. The van der Waals surface area contributed by atoms with Crippen LogP contribution in [-0.2, 0) is 0 Å². The normalized spacial score (nSPS) is 10.7. The van der Waals surface area contributed by atoms with Crippen molar-refractivity contribution in [2.75, 3.05) is 6.61 Å². The predicted octanol–water partition coefficient (Wildman–Crippen LogP) is 2.29. The zero-order valence-corrected chi connectivity index (χ0v) is 10.4. The second-order valence-electron chi connectivity index (χ2n) is 4.10. The summed E-state index contributed by atoms with van der Waals surface area (Å²) < 4.78 is 19.7. The number of hydrogen-bond donors (Lipinski definition) is 0. The van der Waals surface area contributed by atoms with Crippen LogP contribution in [0, 0.1) is 5.82 Å². The van der Waals surface area contributed by atoms with E-state index in [0.717, 1.165) is 4.68 Å². The van der Waals surface area contributed by atoms with Crippen molar-refractivity contribution >= 4 is 16.9 Å². The van der Waals surface area contributed by atoms with Gasteiger partial charge in [-0.1, -0.05) is 29.5 Å². The molecule has 0 saturated carbocycles. The van der Waals surface area contributed by atoms with E-state index in [1.54, 1.807) is 30.3 Å².